The number of halogens is 1. The van der Waals surface area contributed by atoms with Crippen LogP contribution in [0.4, 0.5) is 0 Å². The van der Waals surface area contributed by atoms with Crippen LogP contribution in [-0.2, 0) is 0 Å². The number of aromatic nitrogens is 1. The molecular weight excluding hydrogens is 252 g/mol. The summed E-state index contributed by atoms with van der Waals surface area (Å²) in [6.45, 7) is 1.68. The van der Waals surface area contributed by atoms with Gasteiger partial charge in [-0.05, 0) is 37.3 Å². The minimum Gasteiger partial charge on any atom is -0.366 e. The third-order valence-corrected chi connectivity index (χ3v) is 2.94. The van der Waals surface area contributed by atoms with E-state index in [2.05, 4.69) is 0 Å². The molecule has 0 atom stereocenters. The number of benzene rings is 1. The summed E-state index contributed by atoms with van der Waals surface area (Å²) in [4.78, 5) is 23.1. The smallest absolute Gasteiger partial charge is 0.255 e. The van der Waals surface area contributed by atoms with Gasteiger partial charge in [0.05, 0.1) is 5.56 Å². The SMILES string of the molecule is Cc1c(C(N)=O)ccc(=O)n1-c1ccc(Cl)cc1. The Hall–Kier alpha value is -2.07. The van der Waals surface area contributed by atoms with Gasteiger partial charge in [-0.3, -0.25) is 14.2 Å². The highest BCUT2D eigenvalue weighted by Gasteiger charge is 2.11. The molecule has 5 heteroatoms. The van der Waals surface area contributed by atoms with Crippen molar-refractivity contribution < 1.29 is 4.79 Å². The number of hydrogen-bond acceptors (Lipinski definition) is 2. The zero-order valence-corrected chi connectivity index (χ0v) is 10.4. The Morgan fingerprint density at radius 1 is 1.17 bits per heavy atom. The van der Waals surface area contributed by atoms with Crippen molar-refractivity contribution in [2.75, 3.05) is 0 Å². The highest BCUT2D eigenvalue weighted by atomic mass is 35.5. The average Bonchev–Trinajstić information content (AvgIpc) is 2.31. The third kappa shape index (κ3) is 2.15. The van der Waals surface area contributed by atoms with Crippen LogP contribution in [0.2, 0.25) is 5.02 Å². The molecule has 1 amide bonds. The molecule has 0 aliphatic rings. The van der Waals surface area contributed by atoms with Gasteiger partial charge in [0, 0.05) is 22.5 Å². The Bertz CT molecular complexity index is 660. The summed E-state index contributed by atoms with van der Waals surface area (Å²) in [7, 11) is 0. The molecule has 18 heavy (non-hydrogen) atoms. The van der Waals surface area contributed by atoms with Gasteiger partial charge >= 0.3 is 0 Å². The number of hydrogen-bond donors (Lipinski definition) is 1. The standard InChI is InChI=1S/C13H11ClN2O2/c1-8-11(13(15)18)6-7-12(17)16(8)10-4-2-9(14)3-5-10/h2-7H,1H3,(H2,15,18). The van der Waals surface area contributed by atoms with Gasteiger partial charge in [0.1, 0.15) is 0 Å². The first-order valence-corrected chi connectivity index (χ1v) is 5.67. The highest BCUT2D eigenvalue weighted by Crippen LogP contribution is 2.15. The number of primary amides is 1. The van der Waals surface area contributed by atoms with E-state index in [1.807, 2.05) is 0 Å². The van der Waals surface area contributed by atoms with Gasteiger partial charge in [-0.25, -0.2) is 0 Å². The lowest BCUT2D eigenvalue weighted by Gasteiger charge is -2.12. The van der Waals surface area contributed by atoms with E-state index in [0.717, 1.165) is 0 Å². The number of carbonyl (C=O) groups is 1. The lowest BCUT2D eigenvalue weighted by Crippen LogP contribution is -2.24. The van der Waals surface area contributed by atoms with Gasteiger partial charge in [-0.15, -0.1) is 0 Å². The molecule has 1 aromatic heterocycles. The summed E-state index contributed by atoms with van der Waals surface area (Å²) in [5.41, 5.74) is 6.52. The quantitative estimate of drug-likeness (QED) is 0.898. The van der Waals surface area contributed by atoms with Gasteiger partial charge in [-0.2, -0.15) is 0 Å². The van der Waals surface area contributed by atoms with Gasteiger partial charge in [0.2, 0.25) is 5.91 Å². The van der Waals surface area contributed by atoms with Crippen molar-refractivity contribution in [2.24, 2.45) is 5.73 Å². The molecule has 0 aliphatic heterocycles. The zero-order chi connectivity index (χ0) is 13.3. The summed E-state index contributed by atoms with van der Waals surface area (Å²) >= 11 is 5.80. The summed E-state index contributed by atoms with van der Waals surface area (Å²) in [5, 5.41) is 0.579. The molecule has 2 aromatic rings. The van der Waals surface area contributed by atoms with Crippen LogP contribution in [-0.4, -0.2) is 10.5 Å². The normalized spacial score (nSPS) is 10.3. The third-order valence-electron chi connectivity index (χ3n) is 2.69. The Balaban J connectivity index is 2.70. The maximum Gasteiger partial charge on any atom is 0.255 e. The number of nitrogens with two attached hydrogens (primary N) is 1. The van der Waals surface area contributed by atoms with Gasteiger partial charge in [-0.1, -0.05) is 11.6 Å². The molecule has 1 heterocycles. The van der Waals surface area contributed by atoms with Gasteiger partial charge in [0.25, 0.3) is 5.56 Å². The first kappa shape index (κ1) is 12.4. The lowest BCUT2D eigenvalue weighted by molar-refractivity contribution is 0.0999. The van der Waals surface area contributed by atoms with Crippen LogP contribution in [0.25, 0.3) is 5.69 Å². The van der Waals surface area contributed by atoms with Crippen molar-refractivity contribution in [1.29, 1.82) is 0 Å². The second-order valence-corrected chi connectivity index (χ2v) is 4.28. The molecular formula is C13H11ClN2O2. The van der Waals surface area contributed by atoms with Crippen molar-refractivity contribution in [3.8, 4) is 5.69 Å². The molecule has 2 rings (SSSR count). The first-order chi connectivity index (χ1) is 8.50. The molecule has 0 fully saturated rings. The summed E-state index contributed by atoms with van der Waals surface area (Å²) in [5.74, 6) is -0.560. The molecule has 0 aliphatic carbocycles. The Morgan fingerprint density at radius 3 is 2.33 bits per heavy atom. The fourth-order valence-electron chi connectivity index (χ4n) is 1.81. The van der Waals surface area contributed by atoms with E-state index in [9.17, 15) is 9.59 Å². The molecule has 4 nitrogen and oxygen atoms in total. The minimum atomic E-state index is -0.560. The monoisotopic (exact) mass is 262 g/mol. The van der Waals surface area contributed by atoms with E-state index in [4.69, 9.17) is 17.3 Å². The van der Waals surface area contributed by atoms with E-state index in [1.165, 1.54) is 16.7 Å². The molecule has 0 saturated carbocycles. The number of carbonyl (C=O) groups excluding carboxylic acids is 1. The number of rotatable bonds is 2. The van der Waals surface area contributed by atoms with E-state index >= 15 is 0 Å². The first-order valence-electron chi connectivity index (χ1n) is 5.29. The lowest BCUT2D eigenvalue weighted by atomic mass is 10.1. The number of nitrogens with zero attached hydrogens (tertiary/aromatic N) is 1. The van der Waals surface area contributed by atoms with Crippen LogP contribution in [0.15, 0.2) is 41.2 Å². The average molecular weight is 263 g/mol. The van der Waals surface area contributed by atoms with E-state index in [0.29, 0.717) is 22.0 Å². The van der Waals surface area contributed by atoms with Crippen molar-refractivity contribution in [3.63, 3.8) is 0 Å². The molecule has 1 aromatic carbocycles. The predicted octanol–water partition coefficient (Wildman–Crippen LogP) is 1.90. The van der Waals surface area contributed by atoms with Crippen LogP contribution < -0.4 is 11.3 Å². The van der Waals surface area contributed by atoms with Crippen molar-refractivity contribution in [3.05, 3.63) is 63.0 Å². The van der Waals surface area contributed by atoms with E-state index in [1.54, 1.807) is 31.2 Å². The Morgan fingerprint density at radius 2 is 1.78 bits per heavy atom. The van der Waals surface area contributed by atoms with Crippen molar-refractivity contribution in [1.82, 2.24) is 4.57 Å². The Kier molecular flexibility index (Phi) is 3.21. The molecule has 0 bridgehead atoms. The predicted molar refractivity (Wildman–Crippen MR) is 70.3 cm³/mol. The van der Waals surface area contributed by atoms with Crippen molar-refractivity contribution >= 4 is 17.5 Å². The second-order valence-electron chi connectivity index (χ2n) is 3.85. The highest BCUT2D eigenvalue weighted by molar-refractivity contribution is 6.30. The molecule has 92 valence electrons. The van der Waals surface area contributed by atoms with Crippen LogP contribution >= 0.6 is 11.6 Å². The number of pyridine rings is 1. The molecule has 0 radical (unpaired) electrons. The molecule has 0 spiro atoms. The van der Waals surface area contributed by atoms with E-state index < -0.39 is 5.91 Å². The summed E-state index contributed by atoms with van der Waals surface area (Å²) in [6.07, 6.45) is 0. The molecule has 0 unspecified atom stereocenters. The maximum atomic E-state index is 11.9. The topological polar surface area (TPSA) is 65.1 Å². The summed E-state index contributed by atoms with van der Waals surface area (Å²) < 4.78 is 1.43. The number of amides is 1. The minimum absolute atomic E-state index is 0.222. The largest absolute Gasteiger partial charge is 0.366 e. The van der Waals surface area contributed by atoms with Gasteiger partial charge < -0.3 is 5.73 Å². The Labute approximate surface area is 109 Å². The maximum absolute atomic E-state index is 11.9. The summed E-state index contributed by atoms with van der Waals surface area (Å²) in [6, 6.07) is 9.54. The van der Waals surface area contributed by atoms with E-state index in [-0.39, 0.29) is 5.56 Å². The van der Waals surface area contributed by atoms with Gasteiger partial charge in [0.15, 0.2) is 0 Å². The second kappa shape index (κ2) is 4.66. The molecule has 0 saturated heterocycles. The van der Waals surface area contributed by atoms with Crippen LogP contribution in [0.1, 0.15) is 16.1 Å². The van der Waals surface area contributed by atoms with Crippen LogP contribution in [0, 0.1) is 6.92 Å². The van der Waals surface area contributed by atoms with Crippen LogP contribution in [0.5, 0.6) is 0 Å². The van der Waals surface area contributed by atoms with Crippen LogP contribution in [0.3, 0.4) is 0 Å². The fraction of sp³-hybridized carbons (Fsp3) is 0.0769. The van der Waals surface area contributed by atoms with Crippen molar-refractivity contribution in [2.45, 2.75) is 6.92 Å². The molecule has 2 N–H and O–H groups in total. The zero-order valence-electron chi connectivity index (χ0n) is 9.68. The fourth-order valence-corrected chi connectivity index (χ4v) is 1.93.